The van der Waals surface area contributed by atoms with Crippen molar-refractivity contribution in [1.29, 1.82) is 0 Å². The van der Waals surface area contributed by atoms with Crippen LogP contribution in [0, 0.1) is 23.4 Å². The number of hydrogen-bond donors (Lipinski definition) is 1. The minimum Gasteiger partial charge on any atom is -0.483 e. The monoisotopic (exact) mass is 537 g/mol. The molecule has 1 N–H and O–H groups in total. The minimum absolute atomic E-state index is 0.0263. The second-order valence-electron chi connectivity index (χ2n) is 9.77. The smallest absolute Gasteiger partial charge is 0.275 e. The lowest BCUT2D eigenvalue weighted by Crippen LogP contribution is -2.48. The molecule has 0 radical (unpaired) electrons. The Morgan fingerprint density at radius 3 is 2.44 bits per heavy atom. The van der Waals surface area contributed by atoms with Crippen LogP contribution in [0.25, 0.3) is 0 Å². The summed E-state index contributed by atoms with van der Waals surface area (Å²) in [7, 11) is 0. The van der Waals surface area contributed by atoms with E-state index in [1.165, 1.54) is 6.20 Å². The molecule has 0 saturated heterocycles. The predicted octanol–water partition coefficient (Wildman–Crippen LogP) is 4.37. The molecule has 202 valence electrons. The summed E-state index contributed by atoms with van der Waals surface area (Å²) in [6, 6.07) is 9.54. The standard InChI is InChI=1S/C29H26F3N3O4/c1-16-8-9-17(2)34-14-24(16)35-13-21(28(37)33-12-20-22(31)10-19(30)11-23(20)32)26(36)27(25(35)29(34)38)39-15-18-6-4-3-5-7-18/h3-11,13,16-17,24H,12,14-15H2,1-2H3,(H,33,37). The highest BCUT2D eigenvalue weighted by Gasteiger charge is 2.40. The van der Waals surface area contributed by atoms with Crippen LogP contribution in [0.5, 0.6) is 5.75 Å². The van der Waals surface area contributed by atoms with Crippen LogP contribution in [0.2, 0.25) is 0 Å². The van der Waals surface area contributed by atoms with Gasteiger partial charge in [0.25, 0.3) is 11.8 Å². The quantitative estimate of drug-likeness (QED) is 0.474. The van der Waals surface area contributed by atoms with Gasteiger partial charge in [-0.1, -0.05) is 49.4 Å². The molecular formula is C29H26F3N3O4. The van der Waals surface area contributed by atoms with Gasteiger partial charge in [0.2, 0.25) is 5.43 Å². The van der Waals surface area contributed by atoms with Crippen molar-refractivity contribution in [3.05, 3.63) is 111 Å². The van der Waals surface area contributed by atoms with E-state index in [4.69, 9.17) is 4.74 Å². The number of carbonyl (C=O) groups excluding carboxylic acids is 2. The molecule has 2 bridgehead atoms. The Morgan fingerprint density at radius 1 is 1.05 bits per heavy atom. The average molecular weight is 538 g/mol. The van der Waals surface area contributed by atoms with Crippen LogP contribution in [0.4, 0.5) is 13.2 Å². The highest BCUT2D eigenvalue weighted by Crippen LogP contribution is 2.35. The normalized spacial score (nSPS) is 19.9. The molecule has 2 aromatic carbocycles. The fourth-order valence-electron chi connectivity index (χ4n) is 4.96. The lowest BCUT2D eigenvalue weighted by atomic mass is 9.98. The van der Waals surface area contributed by atoms with Crippen molar-refractivity contribution in [3.8, 4) is 5.75 Å². The summed E-state index contributed by atoms with van der Waals surface area (Å²) in [5.41, 5.74) is -0.930. The summed E-state index contributed by atoms with van der Waals surface area (Å²) >= 11 is 0. The molecule has 0 spiro atoms. The third-order valence-corrected chi connectivity index (χ3v) is 7.19. The number of fused-ring (bicyclic) bond motifs is 4. The molecule has 0 aliphatic carbocycles. The zero-order chi connectivity index (χ0) is 27.8. The van der Waals surface area contributed by atoms with Gasteiger partial charge in [0.15, 0.2) is 11.4 Å². The number of nitrogens with one attached hydrogen (secondary N) is 1. The van der Waals surface area contributed by atoms with Gasteiger partial charge in [0.05, 0.1) is 6.04 Å². The lowest BCUT2D eigenvalue weighted by Gasteiger charge is -2.39. The van der Waals surface area contributed by atoms with E-state index in [9.17, 15) is 27.6 Å². The Kier molecular flexibility index (Phi) is 7.03. The molecule has 2 amide bonds. The Labute approximate surface area is 222 Å². The number of amides is 2. The van der Waals surface area contributed by atoms with Crippen LogP contribution in [-0.2, 0) is 13.2 Å². The molecule has 3 aromatic rings. The highest BCUT2D eigenvalue weighted by molar-refractivity contribution is 5.99. The van der Waals surface area contributed by atoms with Gasteiger partial charge in [-0.05, 0) is 18.4 Å². The lowest BCUT2D eigenvalue weighted by molar-refractivity contribution is 0.0608. The maximum atomic E-state index is 14.1. The number of carbonyl (C=O) groups is 2. The number of rotatable bonds is 6. The first-order valence-corrected chi connectivity index (χ1v) is 12.5. The number of pyridine rings is 1. The highest BCUT2D eigenvalue weighted by atomic mass is 19.1. The number of hydrogen-bond acceptors (Lipinski definition) is 4. The van der Waals surface area contributed by atoms with Gasteiger partial charge in [0.1, 0.15) is 29.6 Å². The third-order valence-electron chi connectivity index (χ3n) is 7.19. The molecule has 2 aliphatic rings. The van der Waals surface area contributed by atoms with E-state index in [1.54, 1.807) is 33.7 Å². The number of aromatic nitrogens is 1. The molecule has 39 heavy (non-hydrogen) atoms. The van der Waals surface area contributed by atoms with Crippen molar-refractivity contribution >= 4 is 11.8 Å². The molecule has 10 heteroatoms. The van der Waals surface area contributed by atoms with Crippen LogP contribution in [0.15, 0.2) is 65.6 Å². The summed E-state index contributed by atoms with van der Waals surface area (Å²) in [6.07, 6.45) is 5.22. The van der Waals surface area contributed by atoms with Gasteiger partial charge < -0.3 is 19.5 Å². The molecule has 2 aliphatic heterocycles. The van der Waals surface area contributed by atoms with Gasteiger partial charge in [0, 0.05) is 43.0 Å². The summed E-state index contributed by atoms with van der Waals surface area (Å²) in [6.45, 7) is 3.57. The van der Waals surface area contributed by atoms with E-state index < -0.39 is 46.8 Å². The summed E-state index contributed by atoms with van der Waals surface area (Å²) in [4.78, 5) is 42.1. The van der Waals surface area contributed by atoms with Gasteiger partial charge in [-0.3, -0.25) is 14.4 Å². The first-order valence-electron chi connectivity index (χ1n) is 12.5. The second-order valence-corrected chi connectivity index (χ2v) is 9.77. The maximum absolute atomic E-state index is 14.1. The van der Waals surface area contributed by atoms with Gasteiger partial charge in [-0.2, -0.15) is 0 Å². The van der Waals surface area contributed by atoms with E-state index in [0.29, 0.717) is 18.7 Å². The number of benzene rings is 2. The van der Waals surface area contributed by atoms with E-state index >= 15 is 0 Å². The minimum atomic E-state index is -1.17. The fourth-order valence-corrected chi connectivity index (χ4v) is 4.96. The zero-order valence-corrected chi connectivity index (χ0v) is 21.3. The average Bonchev–Trinajstić information content (AvgIpc) is 3.03. The Morgan fingerprint density at radius 2 is 1.74 bits per heavy atom. The zero-order valence-electron chi connectivity index (χ0n) is 21.3. The summed E-state index contributed by atoms with van der Waals surface area (Å²) < 4.78 is 49.1. The van der Waals surface area contributed by atoms with Crippen molar-refractivity contribution in [3.63, 3.8) is 0 Å². The maximum Gasteiger partial charge on any atom is 0.275 e. The molecule has 0 saturated carbocycles. The van der Waals surface area contributed by atoms with Crippen LogP contribution >= 0.6 is 0 Å². The molecule has 5 rings (SSSR count). The van der Waals surface area contributed by atoms with Crippen LogP contribution in [0.3, 0.4) is 0 Å². The molecule has 0 fully saturated rings. The van der Waals surface area contributed by atoms with E-state index in [1.807, 2.05) is 32.1 Å². The third kappa shape index (κ3) is 4.94. The fraction of sp³-hybridized carbons (Fsp3) is 0.276. The predicted molar refractivity (Wildman–Crippen MR) is 137 cm³/mol. The topological polar surface area (TPSA) is 80.6 Å². The molecular weight excluding hydrogens is 511 g/mol. The van der Waals surface area contributed by atoms with Crippen molar-refractivity contribution in [1.82, 2.24) is 14.8 Å². The Bertz CT molecular complexity index is 1510. The van der Waals surface area contributed by atoms with E-state index in [2.05, 4.69) is 5.32 Å². The molecule has 3 atom stereocenters. The van der Waals surface area contributed by atoms with Gasteiger partial charge in [-0.15, -0.1) is 0 Å². The summed E-state index contributed by atoms with van der Waals surface area (Å²) in [5, 5.41) is 2.34. The van der Waals surface area contributed by atoms with Crippen molar-refractivity contribution in [2.45, 2.75) is 39.1 Å². The molecule has 3 unspecified atom stereocenters. The molecule has 7 nitrogen and oxygen atoms in total. The first kappa shape index (κ1) is 26.3. The van der Waals surface area contributed by atoms with Crippen molar-refractivity contribution < 1.29 is 27.5 Å². The van der Waals surface area contributed by atoms with Gasteiger partial charge in [-0.25, -0.2) is 13.2 Å². The number of halogens is 3. The number of nitrogens with zero attached hydrogens (tertiary/aromatic N) is 2. The van der Waals surface area contributed by atoms with Crippen LogP contribution in [-0.4, -0.2) is 33.9 Å². The summed E-state index contributed by atoms with van der Waals surface area (Å²) in [5.74, 6) is -5.06. The largest absolute Gasteiger partial charge is 0.483 e. The van der Waals surface area contributed by atoms with Gasteiger partial charge >= 0.3 is 0 Å². The second kappa shape index (κ2) is 10.4. The SMILES string of the molecule is CC1C=CC(C)N2CC1n1cc(C(=O)NCc3c(F)cc(F)cc3F)c(=O)c(OCc3ccccc3)c1C2=O. The van der Waals surface area contributed by atoms with Crippen molar-refractivity contribution in [2.75, 3.05) is 6.54 Å². The molecule has 1 aromatic heterocycles. The van der Waals surface area contributed by atoms with E-state index in [-0.39, 0.29) is 41.6 Å². The Balaban J connectivity index is 1.57. The number of ether oxygens (including phenoxy) is 1. The van der Waals surface area contributed by atoms with Crippen LogP contribution < -0.4 is 15.5 Å². The van der Waals surface area contributed by atoms with Crippen molar-refractivity contribution in [2.24, 2.45) is 5.92 Å². The Hall–Kier alpha value is -4.34. The van der Waals surface area contributed by atoms with Crippen LogP contribution in [0.1, 0.15) is 51.9 Å². The number of allylic oxidation sites excluding steroid dienone is 1. The van der Waals surface area contributed by atoms with E-state index in [0.717, 1.165) is 5.56 Å². The molecule has 3 heterocycles. The first-order chi connectivity index (χ1) is 18.7.